The van der Waals surface area contributed by atoms with Crippen molar-refractivity contribution >= 4 is 48.8 Å². The zero-order valence-corrected chi connectivity index (χ0v) is 30.8. The Hall–Kier alpha value is -5.17. The molecule has 4 rings (SSSR count). The third-order valence-corrected chi connectivity index (χ3v) is 11.1. The zero-order chi connectivity index (χ0) is 38.9. The van der Waals surface area contributed by atoms with Crippen molar-refractivity contribution in [1.29, 1.82) is 0 Å². The van der Waals surface area contributed by atoms with Crippen molar-refractivity contribution in [2.24, 2.45) is 5.92 Å². The number of carbonyl (C=O) groups is 5. The number of aliphatic carboxylic acids is 2. The van der Waals surface area contributed by atoms with E-state index in [0.717, 1.165) is 29.5 Å². The molecule has 282 valence electrons. The van der Waals surface area contributed by atoms with Gasteiger partial charge in [0.05, 0.1) is 10.9 Å². The molecule has 0 aliphatic heterocycles. The van der Waals surface area contributed by atoms with E-state index < -0.39 is 49.8 Å². The molecule has 0 saturated carbocycles. The number of Topliss-reactive ketones (excluding diaryl/α,β-unsaturated/α-hetero) is 1. The van der Waals surface area contributed by atoms with Crippen LogP contribution < -0.4 is 16.2 Å². The molecule has 2 amide bonds. The van der Waals surface area contributed by atoms with E-state index in [2.05, 4.69) is 26.5 Å². The minimum absolute atomic E-state index is 0.0138. The van der Waals surface area contributed by atoms with Crippen LogP contribution in [0.25, 0.3) is 10.9 Å². The molecule has 7 N–H and O–H groups in total. The van der Waals surface area contributed by atoms with Crippen LogP contribution in [-0.2, 0) is 32.2 Å². The molecule has 14 nitrogen and oxygen atoms in total. The second-order valence-corrected chi connectivity index (χ2v) is 18.3. The van der Waals surface area contributed by atoms with Crippen LogP contribution in [0.3, 0.4) is 0 Å². The first kappa shape index (κ1) is 40.6. The molecule has 0 fully saturated rings. The first-order valence-corrected chi connectivity index (χ1v) is 20.7. The van der Waals surface area contributed by atoms with Crippen LogP contribution in [-0.4, -0.2) is 80.5 Å². The topological polar surface area (TPSA) is 236 Å². The minimum atomic E-state index is -2.43. The molecule has 0 spiro atoms. The molecule has 15 heteroatoms. The molecule has 0 saturated heterocycles. The maximum atomic E-state index is 13.2. The number of aryl methyl sites for hydroxylation is 1. The Morgan fingerprint density at radius 1 is 1.08 bits per heavy atom. The molecule has 4 atom stereocenters. The predicted octanol–water partition coefficient (Wildman–Crippen LogP) is 2.97. The van der Waals surface area contributed by atoms with Gasteiger partial charge in [0, 0.05) is 49.6 Å². The fourth-order valence-corrected chi connectivity index (χ4v) is 7.49. The summed E-state index contributed by atoms with van der Waals surface area (Å²) < 4.78 is 0. The van der Waals surface area contributed by atoms with Crippen molar-refractivity contribution < 1.29 is 44.1 Å². The van der Waals surface area contributed by atoms with Gasteiger partial charge < -0.3 is 35.7 Å². The Morgan fingerprint density at radius 2 is 1.79 bits per heavy atom. The highest BCUT2D eigenvalue weighted by Gasteiger charge is 2.32. The lowest BCUT2D eigenvalue weighted by Crippen LogP contribution is -2.41. The highest BCUT2D eigenvalue weighted by molar-refractivity contribution is 6.69. The van der Waals surface area contributed by atoms with Crippen LogP contribution in [0, 0.1) is 18.3 Å². The molecule has 1 heterocycles. The number of H-pyrrole nitrogens is 1. The molecule has 3 aromatic rings. The van der Waals surface area contributed by atoms with Crippen LogP contribution in [0.1, 0.15) is 89.7 Å². The normalized spacial score (nSPS) is 15.5. The van der Waals surface area contributed by atoms with E-state index in [1.54, 1.807) is 37.4 Å². The van der Waals surface area contributed by atoms with E-state index in [9.17, 15) is 43.8 Å². The monoisotopic (exact) mass is 746 g/mol. The quantitative estimate of drug-likeness (QED) is 0.0696. The molecule has 0 radical (unpaired) electrons. The number of aromatic nitrogens is 2. The largest absolute Gasteiger partial charge is 0.481 e. The van der Waals surface area contributed by atoms with Crippen LogP contribution in [0.15, 0.2) is 41.2 Å². The summed E-state index contributed by atoms with van der Waals surface area (Å²) in [5, 5.41) is 33.9. The number of nitrogens with one attached hydrogen (secondary N) is 3. The van der Waals surface area contributed by atoms with Gasteiger partial charge in [0.1, 0.15) is 24.3 Å². The third kappa shape index (κ3) is 11.2. The fourth-order valence-electron chi connectivity index (χ4n) is 6.76. The average molecular weight is 747 g/mol. The summed E-state index contributed by atoms with van der Waals surface area (Å²) in [6.45, 7) is 3.23. The summed E-state index contributed by atoms with van der Waals surface area (Å²) in [6.07, 6.45) is 6.48. The molecule has 2 aromatic carbocycles. The van der Waals surface area contributed by atoms with Crippen LogP contribution >= 0.6 is 0 Å². The van der Waals surface area contributed by atoms with Gasteiger partial charge >= 0.3 is 11.9 Å². The summed E-state index contributed by atoms with van der Waals surface area (Å²) in [6, 6.07) is 9.38. The smallest absolute Gasteiger partial charge is 0.326 e. The molecule has 0 bridgehead atoms. The Morgan fingerprint density at radius 3 is 2.42 bits per heavy atom. The van der Waals surface area contributed by atoms with Gasteiger partial charge in [-0.05, 0) is 91.7 Å². The van der Waals surface area contributed by atoms with Crippen LogP contribution in [0.2, 0.25) is 19.1 Å². The number of ketones is 1. The Kier molecular flexibility index (Phi) is 13.8. The maximum absolute atomic E-state index is 13.2. The van der Waals surface area contributed by atoms with Crippen molar-refractivity contribution in [3.05, 3.63) is 74.8 Å². The number of nitrogens with zero attached hydrogens (tertiary/aromatic N) is 1. The molecule has 1 aromatic heterocycles. The number of fused-ring (bicyclic) bond motifs is 2. The van der Waals surface area contributed by atoms with Crippen LogP contribution in [0.4, 0.5) is 0 Å². The minimum Gasteiger partial charge on any atom is -0.481 e. The number of benzene rings is 2. The van der Waals surface area contributed by atoms with Gasteiger partial charge in [-0.1, -0.05) is 12.1 Å². The molecule has 1 aliphatic carbocycles. The Balaban J connectivity index is 1.40. The lowest BCUT2D eigenvalue weighted by Gasteiger charge is -2.24. The summed E-state index contributed by atoms with van der Waals surface area (Å²) in [4.78, 5) is 91.6. The van der Waals surface area contributed by atoms with E-state index >= 15 is 0 Å². The van der Waals surface area contributed by atoms with E-state index in [4.69, 9.17) is 11.5 Å². The van der Waals surface area contributed by atoms with Crippen molar-refractivity contribution in [3.8, 4) is 12.3 Å². The van der Waals surface area contributed by atoms with Gasteiger partial charge in [-0.3, -0.25) is 24.0 Å². The first-order valence-electron chi connectivity index (χ1n) is 17.6. The molecular weight excluding hydrogens is 701 g/mol. The maximum Gasteiger partial charge on any atom is 0.326 e. The van der Waals surface area contributed by atoms with E-state index in [0.29, 0.717) is 23.4 Å². The molecular formula is C38H46N4O10Si. The van der Waals surface area contributed by atoms with Crippen molar-refractivity contribution in [1.82, 2.24) is 20.6 Å². The predicted molar refractivity (Wildman–Crippen MR) is 198 cm³/mol. The van der Waals surface area contributed by atoms with Gasteiger partial charge in [0.15, 0.2) is 8.32 Å². The molecule has 1 unspecified atom stereocenters. The standard InChI is InChI=1S/C38H46N4O10Si/c1-4-5-27(28-13-10-24-19-32-30(20-29(24)28)37(49)42-33(21-43)40-32)22-6-8-23(9-7-22)36(48)41-31(38(50)51)14-12-26(44)18-25(11-15-34(45)46)35(47)39-16-17-53(2,3)52/h1,6-9,19-20,25,27-28,31,43,52H,5,10-18,21H2,2-3H3,(H,39,47)(H,41,48)(H,45,46)(H,50,51)(H,40,42,49)/t25-,27?,28+,31-/m0/s1. The lowest BCUT2D eigenvalue weighted by molar-refractivity contribution is -0.140. The van der Waals surface area contributed by atoms with Gasteiger partial charge in [0.2, 0.25) is 5.91 Å². The molecule has 53 heavy (non-hydrogen) atoms. The van der Waals surface area contributed by atoms with Gasteiger partial charge in [0.25, 0.3) is 11.5 Å². The second-order valence-electron chi connectivity index (χ2n) is 14.1. The molecule has 1 aliphatic rings. The highest BCUT2D eigenvalue weighted by Crippen LogP contribution is 2.45. The van der Waals surface area contributed by atoms with Crippen LogP contribution in [0.5, 0.6) is 0 Å². The summed E-state index contributed by atoms with van der Waals surface area (Å²) in [5.41, 5.74) is 3.26. The Bertz CT molecular complexity index is 1950. The van der Waals surface area contributed by atoms with Crippen molar-refractivity contribution in [3.63, 3.8) is 0 Å². The highest BCUT2D eigenvalue weighted by atomic mass is 28.4. The van der Waals surface area contributed by atoms with Gasteiger partial charge in [-0.15, -0.1) is 12.3 Å². The summed E-state index contributed by atoms with van der Waals surface area (Å²) >= 11 is 0. The number of terminal acetylenes is 1. The number of carboxylic acid groups (broad SMARTS) is 2. The summed E-state index contributed by atoms with van der Waals surface area (Å²) in [5.74, 6) is -2.25. The van der Waals surface area contributed by atoms with Crippen molar-refractivity contribution in [2.75, 3.05) is 6.54 Å². The first-order chi connectivity index (χ1) is 25.1. The fraction of sp³-hybridized carbons (Fsp3) is 0.447. The average Bonchev–Trinajstić information content (AvgIpc) is 3.51. The van der Waals surface area contributed by atoms with Gasteiger partial charge in [-0.2, -0.15) is 0 Å². The number of rotatable bonds is 19. The number of hydrogen-bond donors (Lipinski definition) is 7. The summed E-state index contributed by atoms with van der Waals surface area (Å²) in [7, 11) is -2.43. The number of carbonyl (C=O) groups excluding carboxylic acids is 3. The van der Waals surface area contributed by atoms with E-state index in [1.807, 2.05) is 12.1 Å². The zero-order valence-electron chi connectivity index (χ0n) is 29.8. The Labute approximate surface area is 307 Å². The third-order valence-electron chi connectivity index (χ3n) is 9.62. The number of amides is 2. The number of hydrogen-bond acceptors (Lipinski definition) is 9. The van der Waals surface area contributed by atoms with Gasteiger partial charge in [-0.25, -0.2) is 9.78 Å². The number of aliphatic hydroxyl groups excluding tert-OH is 1. The SMILES string of the molecule is C#CCC(c1ccc(C(=O)N[C@@H](CCC(=O)C[C@H](CCC(=O)O)C(=O)NCC[Si](C)(C)O)C(=O)O)cc1)[C@H]1CCc2cc3nc(CO)[nH]c(=O)c3cc21. The number of carboxylic acids is 2. The van der Waals surface area contributed by atoms with Crippen molar-refractivity contribution in [2.45, 2.75) is 95.0 Å². The lowest BCUT2D eigenvalue weighted by atomic mass is 9.80. The van der Waals surface area contributed by atoms with E-state index in [1.165, 1.54) is 0 Å². The second kappa shape index (κ2) is 18.0. The number of aromatic amines is 1. The van der Waals surface area contributed by atoms with E-state index in [-0.39, 0.29) is 74.0 Å². The number of aliphatic hydroxyl groups is 1.